The molecule has 1 aliphatic rings. The molecule has 1 saturated carbocycles. The predicted molar refractivity (Wildman–Crippen MR) is 82.1 cm³/mol. The molecule has 2 N–H and O–H groups in total. The maximum atomic E-state index is 12.1. The van der Waals surface area contributed by atoms with Crippen LogP contribution in [0.4, 0.5) is 0 Å². The standard InChI is InChI=1S/C14H14ClN3O3S/c15-11-4-2-1-3-10(11)8-22(20,21)18-14(19)13-7-12(16-17-13)9-5-6-9/h1-4,7,9H,5-6,8H2,(H,16,17)(H,18,19). The van der Waals surface area contributed by atoms with E-state index in [2.05, 4.69) is 10.2 Å². The van der Waals surface area contributed by atoms with E-state index < -0.39 is 15.9 Å². The molecule has 0 radical (unpaired) electrons. The number of hydrogen-bond acceptors (Lipinski definition) is 4. The van der Waals surface area contributed by atoms with Gasteiger partial charge in [-0.3, -0.25) is 9.89 Å². The molecule has 1 aromatic heterocycles. The summed E-state index contributed by atoms with van der Waals surface area (Å²) < 4.78 is 26.1. The summed E-state index contributed by atoms with van der Waals surface area (Å²) in [5, 5.41) is 6.97. The lowest BCUT2D eigenvalue weighted by molar-refractivity contribution is 0.0976. The molecule has 3 rings (SSSR count). The number of sulfonamides is 1. The molecule has 0 atom stereocenters. The SMILES string of the molecule is O=C(NS(=O)(=O)Cc1ccccc1Cl)c1cc(C2CC2)[nH]n1. The topological polar surface area (TPSA) is 91.9 Å². The number of halogens is 1. The molecule has 0 unspecified atom stereocenters. The van der Waals surface area contributed by atoms with Crippen LogP contribution in [0.15, 0.2) is 30.3 Å². The maximum Gasteiger partial charge on any atom is 0.285 e. The van der Waals surface area contributed by atoms with Crippen LogP contribution in [0.25, 0.3) is 0 Å². The lowest BCUT2D eigenvalue weighted by atomic mass is 10.2. The molecule has 1 aliphatic carbocycles. The summed E-state index contributed by atoms with van der Waals surface area (Å²) in [6, 6.07) is 8.20. The van der Waals surface area contributed by atoms with Gasteiger partial charge in [0.2, 0.25) is 10.0 Å². The molecule has 1 fully saturated rings. The zero-order chi connectivity index (χ0) is 15.7. The van der Waals surface area contributed by atoms with Crippen LogP contribution in [-0.4, -0.2) is 24.5 Å². The molecule has 0 bridgehead atoms. The number of amides is 1. The Morgan fingerprint density at radius 1 is 1.36 bits per heavy atom. The van der Waals surface area contributed by atoms with E-state index in [-0.39, 0.29) is 11.4 Å². The first-order chi connectivity index (χ1) is 10.4. The summed E-state index contributed by atoms with van der Waals surface area (Å²) in [6.45, 7) is 0. The molecular formula is C14H14ClN3O3S. The van der Waals surface area contributed by atoms with Crippen LogP contribution in [0, 0.1) is 0 Å². The first-order valence-corrected chi connectivity index (χ1v) is 8.81. The minimum absolute atomic E-state index is 0.0737. The van der Waals surface area contributed by atoms with E-state index in [4.69, 9.17) is 11.6 Å². The van der Waals surface area contributed by atoms with E-state index in [1.807, 2.05) is 4.72 Å². The van der Waals surface area contributed by atoms with Crippen molar-refractivity contribution in [1.82, 2.24) is 14.9 Å². The van der Waals surface area contributed by atoms with Crippen molar-refractivity contribution in [3.05, 3.63) is 52.3 Å². The number of hydrogen-bond donors (Lipinski definition) is 2. The van der Waals surface area contributed by atoms with Crippen molar-refractivity contribution in [3.63, 3.8) is 0 Å². The second-order valence-electron chi connectivity index (χ2n) is 5.26. The Hall–Kier alpha value is -1.86. The fourth-order valence-electron chi connectivity index (χ4n) is 2.11. The van der Waals surface area contributed by atoms with E-state index in [9.17, 15) is 13.2 Å². The van der Waals surface area contributed by atoms with Gasteiger partial charge in [-0.25, -0.2) is 13.1 Å². The zero-order valence-corrected chi connectivity index (χ0v) is 13.1. The summed E-state index contributed by atoms with van der Waals surface area (Å²) in [6.07, 6.45) is 2.13. The van der Waals surface area contributed by atoms with Crippen molar-refractivity contribution in [1.29, 1.82) is 0 Å². The number of rotatable bonds is 5. The lowest BCUT2D eigenvalue weighted by Gasteiger charge is -2.06. The van der Waals surface area contributed by atoms with Crippen LogP contribution >= 0.6 is 11.6 Å². The lowest BCUT2D eigenvalue weighted by Crippen LogP contribution is -2.31. The van der Waals surface area contributed by atoms with Gasteiger partial charge in [0, 0.05) is 16.6 Å². The molecule has 0 aliphatic heterocycles. The molecule has 8 heteroatoms. The average Bonchev–Trinajstić information content (AvgIpc) is 3.18. The Bertz CT molecular complexity index is 812. The second kappa shape index (κ2) is 5.73. The van der Waals surface area contributed by atoms with Crippen LogP contribution in [0.5, 0.6) is 0 Å². The Labute approximate surface area is 132 Å². The number of aromatic amines is 1. The Morgan fingerprint density at radius 2 is 2.09 bits per heavy atom. The monoisotopic (exact) mass is 339 g/mol. The van der Waals surface area contributed by atoms with Crippen molar-refractivity contribution < 1.29 is 13.2 Å². The Balaban J connectivity index is 1.70. The predicted octanol–water partition coefficient (Wildman–Crippen LogP) is 2.20. The van der Waals surface area contributed by atoms with Gasteiger partial charge in [-0.15, -0.1) is 0 Å². The first kappa shape index (κ1) is 15.1. The third kappa shape index (κ3) is 3.48. The quantitative estimate of drug-likeness (QED) is 0.873. The van der Waals surface area contributed by atoms with Crippen molar-refractivity contribution >= 4 is 27.5 Å². The van der Waals surface area contributed by atoms with Crippen LogP contribution < -0.4 is 4.72 Å². The fraction of sp³-hybridized carbons (Fsp3) is 0.286. The second-order valence-corrected chi connectivity index (χ2v) is 7.39. The van der Waals surface area contributed by atoms with Crippen molar-refractivity contribution in [2.45, 2.75) is 24.5 Å². The molecule has 22 heavy (non-hydrogen) atoms. The minimum Gasteiger partial charge on any atom is -0.281 e. The Kier molecular flexibility index (Phi) is 3.92. The number of carbonyl (C=O) groups excluding carboxylic acids is 1. The van der Waals surface area contributed by atoms with E-state index in [1.54, 1.807) is 30.3 Å². The van der Waals surface area contributed by atoms with E-state index in [0.717, 1.165) is 18.5 Å². The summed E-state index contributed by atoms with van der Waals surface area (Å²) in [5.41, 5.74) is 1.38. The normalized spacial score (nSPS) is 14.8. The number of nitrogens with one attached hydrogen (secondary N) is 2. The highest BCUT2D eigenvalue weighted by Gasteiger charge is 2.27. The highest BCUT2D eigenvalue weighted by atomic mass is 35.5. The van der Waals surface area contributed by atoms with Gasteiger partial charge in [0.25, 0.3) is 5.91 Å². The molecule has 1 heterocycles. The highest BCUT2D eigenvalue weighted by molar-refractivity contribution is 7.89. The summed E-state index contributed by atoms with van der Waals surface area (Å²) in [5.74, 6) is -0.692. The van der Waals surface area contributed by atoms with Crippen LogP contribution in [0.3, 0.4) is 0 Å². The number of benzene rings is 1. The largest absolute Gasteiger partial charge is 0.285 e. The van der Waals surface area contributed by atoms with Crippen LogP contribution in [0.1, 0.15) is 40.5 Å². The van der Waals surface area contributed by atoms with Crippen LogP contribution in [0.2, 0.25) is 5.02 Å². The van der Waals surface area contributed by atoms with Gasteiger partial charge in [0.15, 0.2) is 5.69 Å². The molecule has 2 aromatic rings. The molecule has 1 aromatic carbocycles. The van der Waals surface area contributed by atoms with Gasteiger partial charge in [-0.1, -0.05) is 29.8 Å². The maximum absolute atomic E-state index is 12.1. The average molecular weight is 340 g/mol. The number of carbonyl (C=O) groups is 1. The van der Waals surface area contributed by atoms with Gasteiger partial charge in [-0.05, 0) is 30.5 Å². The molecule has 0 saturated heterocycles. The van der Waals surface area contributed by atoms with E-state index >= 15 is 0 Å². The number of aromatic nitrogens is 2. The molecular weight excluding hydrogens is 326 g/mol. The Morgan fingerprint density at radius 3 is 2.77 bits per heavy atom. The van der Waals surface area contributed by atoms with Gasteiger partial charge in [0.1, 0.15) is 0 Å². The van der Waals surface area contributed by atoms with Crippen molar-refractivity contribution in [2.24, 2.45) is 0 Å². The van der Waals surface area contributed by atoms with E-state index in [0.29, 0.717) is 16.5 Å². The summed E-state index contributed by atoms with van der Waals surface area (Å²) in [4.78, 5) is 12.0. The molecule has 6 nitrogen and oxygen atoms in total. The zero-order valence-electron chi connectivity index (χ0n) is 11.5. The van der Waals surface area contributed by atoms with Gasteiger partial charge < -0.3 is 0 Å². The van der Waals surface area contributed by atoms with Gasteiger partial charge in [0.05, 0.1) is 5.75 Å². The highest BCUT2D eigenvalue weighted by Crippen LogP contribution is 2.38. The molecule has 1 amide bonds. The fourth-order valence-corrected chi connectivity index (χ4v) is 3.51. The van der Waals surface area contributed by atoms with Crippen molar-refractivity contribution in [2.75, 3.05) is 0 Å². The first-order valence-electron chi connectivity index (χ1n) is 6.78. The summed E-state index contributed by atoms with van der Waals surface area (Å²) >= 11 is 5.93. The third-order valence-corrected chi connectivity index (χ3v) is 4.96. The smallest absolute Gasteiger partial charge is 0.281 e. The van der Waals surface area contributed by atoms with Crippen LogP contribution in [-0.2, 0) is 15.8 Å². The number of H-pyrrole nitrogens is 1. The number of nitrogens with zero attached hydrogens (tertiary/aromatic N) is 1. The third-order valence-electron chi connectivity index (χ3n) is 3.40. The van der Waals surface area contributed by atoms with Crippen molar-refractivity contribution in [3.8, 4) is 0 Å². The molecule has 116 valence electrons. The van der Waals surface area contributed by atoms with Gasteiger partial charge in [-0.2, -0.15) is 5.10 Å². The summed E-state index contributed by atoms with van der Waals surface area (Å²) in [7, 11) is -3.84. The minimum atomic E-state index is -3.84. The van der Waals surface area contributed by atoms with E-state index in [1.165, 1.54) is 0 Å². The molecule has 0 spiro atoms. The van der Waals surface area contributed by atoms with Gasteiger partial charge >= 0.3 is 0 Å².